The molecule has 1 atom stereocenters. The molecule has 1 aliphatic rings. The van der Waals surface area contributed by atoms with Crippen LogP contribution in [0.5, 0.6) is 0 Å². The van der Waals surface area contributed by atoms with Crippen molar-refractivity contribution in [3.8, 4) is 0 Å². The number of hydrogen-bond acceptors (Lipinski definition) is 2. The van der Waals surface area contributed by atoms with Gasteiger partial charge in [-0.1, -0.05) is 24.3 Å². The molecule has 0 aromatic heterocycles. The second-order valence-electron chi connectivity index (χ2n) is 6.59. The minimum atomic E-state index is -0.971. The molecule has 0 amide bonds. The van der Waals surface area contributed by atoms with E-state index in [0.717, 1.165) is 49.0 Å². The molecule has 0 bridgehead atoms. The molecule has 1 saturated heterocycles. The minimum Gasteiger partial charge on any atom is -0.611 e. The molecule has 1 unspecified atom stereocenters. The van der Waals surface area contributed by atoms with Crippen LogP contribution in [0.4, 0.5) is 8.78 Å². The first-order valence-electron chi connectivity index (χ1n) is 8.67. The van der Waals surface area contributed by atoms with E-state index in [2.05, 4.69) is 4.90 Å². The second kappa shape index (κ2) is 8.30. The quantitative estimate of drug-likeness (QED) is 0.748. The Bertz CT molecular complexity index is 717. The van der Waals surface area contributed by atoms with Crippen LogP contribution in [0.25, 0.3) is 0 Å². The van der Waals surface area contributed by atoms with Crippen LogP contribution in [-0.2, 0) is 17.6 Å². The van der Waals surface area contributed by atoms with Gasteiger partial charge in [0.1, 0.15) is 16.9 Å². The van der Waals surface area contributed by atoms with Crippen LogP contribution in [0, 0.1) is 18.6 Å². The van der Waals surface area contributed by atoms with E-state index in [0.29, 0.717) is 12.0 Å². The summed E-state index contributed by atoms with van der Waals surface area (Å²) in [5.74, 6) is -1.02. The highest BCUT2D eigenvalue weighted by Gasteiger charge is 2.30. The maximum absolute atomic E-state index is 13.7. The summed E-state index contributed by atoms with van der Waals surface area (Å²) in [6, 6.07) is 11.6. The lowest BCUT2D eigenvalue weighted by Gasteiger charge is -2.32. The van der Waals surface area contributed by atoms with Crippen molar-refractivity contribution in [1.82, 2.24) is 4.90 Å². The Morgan fingerprint density at radius 2 is 1.84 bits per heavy atom. The first-order valence-corrected chi connectivity index (χ1v) is 9.88. The molecule has 25 heavy (non-hydrogen) atoms. The van der Waals surface area contributed by atoms with E-state index >= 15 is 0 Å². The first-order chi connectivity index (χ1) is 12.0. The monoisotopic (exact) mass is 363 g/mol. The zero-order valence-electron chi connectivity index (χ0n) is 14.4. The summed E-state index contributed by atoms with van der Waals surface area (Å²) >= 11 is -0.971. The number of piperidine rings is 1. The minimum absolute atomic E-state index is 0.180. The normalized spacial score (nSPS) is 17.6. The Balaban J connectivity index is 1.51. The molecule has 2 aromatic rings. The number of nitrogens with zero attached hydrogens (tertiary/aromatic N) is 1. The molecule has 0 radical (unpaired) electrons. The van der Waals surface area contributed by atoms with Crippen LogP contribution in [0.2, 0.25) is 0 Å². The van der Waals surface area contributed by atoms with E-state index < -0.39 is 22.8 Å². The fraction of sp³-hybridized carbons (Fsp3) is 0.400. The molecule has 1 fully saturated rings. The van der Waals surface area contributed by atoms with Gasteiger partial charge in [0, 0.05) is 44.1 Å². The molecule has 3 rings (SSSR count). The lowest BCUT2D eigenvalue weighted by Crippen LogP contribution is -2.40. The third-order valence-corrected chi connectivity index (χ3v) is 6.83. The number of likely N-dealkylation sites (tertiary alicyclic amines) is 1. The van der Waals surface area contributed by atoms with Crippen LogP contribution in [0.3, 0.4) is 0 Å². The molecule has 1 heterocycles. The largest absolute Gasteiger partial charge is 0.611 e. The van der Waals surface area contributed by atoms with Gasteiger partial charge in [0.15, 0.2) is 4.90 Å². The smallest absolute Gasteiger partial charge is 0.155 e. The predicted molar refractivity (Wildman–Crippen MR) is 97.1 cm³/mol. The van der Waals surface area contributed by atoms with Crippen LogP contribution in [0.15, 0.2) is 47.4 Å². The Hall–Kier alpha value is -1.43. The zero-order valence-corrected chi connectivity index (χ0v) is 15.2. The summed E-state index contributed by atoms with van der Waals surface area (Å²) in [5, 5.41) is 0.180. The molecule has 1 aliphatic heterocycles. The number of halogens is 2. The summed E-state index contributed by atoms with van der Waals surface area (Å²) in [4.78, 5) is 3.21. The Morgan fingerprint density at radius 3 is 2.52 bits per heavy atom. The van der Waals surface area contributed by atoms with Crippen molar-refractivity contribution in [2.24, 2.45) is 0 Å². The topological polar surface area (TPSA) is 26.3 Å². The highest BCUT2D eigenvalue weighted by molar-refractivity contribution is 7.92. The molecule has 0 aliphatic carbocycles. The van der Waals surface area contributed by atoms with Crippen molar-refractivity contribution in [3.63, 3.8) is 0 Å². The van der Waals surface area contributed by atoms with E-state index in [1.165, 1.54) is 12.1 Å². The predicted octanol–water partition coefficient (Wildman–Crippen LogP) is 4.09. The molecule has 134 valence electrons. The van der Waals surface area contributed by atoms with Crippen LogP contribution >= 0.6 is 0 Å². The average Bonchev–Trinajstić information content (AvgIpc) is 2.61. The van der Waals surface area contributed by atoms with Crippen molar-refractivity contribution in [2.75, 3.05) is 19.6 Å². The Kier molecular flexibility index (Phi) is 6.10. The standard InChI is InChI=1S/C20H23F2NOS/c1-15-4-2-3-5-20(15)25(24)18-9-12-23(13-10-18)11-8-16-6-7-17(21)14-19(16)22/h2-7,14,18H,8-13H2,1H3. The Labute approximate surface area is 151 Å². The van der Waals surface area contributed by atoms with Gasteiger partial charge in [-0.05, 0) is 42.2 Å². The summed E-state index contributed by atoms with van der Waals surface area (Å²) in [6.07, 6.45) is 2.33. The zero-order chi connectivity index (χ0) is 17.8. The maximum Gasteiger partial charge on any atom is 0.155 e. The third-order valence-electron chi connectivity index (χ3n) is 4.86. The molecule has 0 N–H and O–H groups in total. The SMILES string of the molecule is Cc1ccccc1[S+]([O-])C1CCN(CCc2ccc(F)cc2F)CC1. The molecule has 0 spiro atoms. The van der Waals surface area contributed by atoms with E-state index in [1.807, 2.05) is 31.2 Å². The average molecular weight is 363 g/mol. The van der Waals surface area contributed by atoms with E-state index in [4.69, 9.17) is 0 Å². The maximum atomic E-state index is 13.7. The van der Waals surface area contributed by atoms with Crippen molar-refractivity contribution >= 4 is 11.2 Å². The van der Waals surface area contributed by atoms with E-state index in [9.17, 15) is 13.3 Å². The van der Waals surface area contributed by atoms with Crippen molar-refractivity contribution in [3.05, 3.63) is 65.2 Å². The molecule has 2 nitrogen and oxygen atoms in total. The molecular weight excluding hydrogens is 340 g/mol. The van der Waals surface area contributed by atoms with Crippen molar-refractivity contribution < 1.29 is 13.3 Å². The van der Waals surface area contributed by atoms with Crippen molar-refractivity contribution in [2.45, 2.75) is 36.3 Å². The van der Waals surface area contributed by atoms with Crippen LogP contribution in [0.1, 0.15) is 24.0 Å². The number of benzene rings is 2. The Morgan fingerprint density at radius 1 is 1.12 bits per heavy atom. The van der Waals surface area contributed by atoms with Gasteiger partial charge >= 0.3 is 0 Å². The second-order valence-corrected chi connectivity index (χ2v) is 8.29. The first kappa shape index (κ1) is 18.4. The van der Waals surface area contributed by atoms with E-state index in [1.54, 1.807) is 0 Å². The number of rotatable bonds is 5. The number of hydrogen-bond donors (Lipinski definition) is 0. The summed E-state index contributed by atoms with van der Waals surface area (Å²) in [5.41, 5.74) is 1.63. The molecule has 0 saturated carbocycles. The molecular formula is C20H23F2NOS. The summed E-state index contributed by atoms with van der Waals surface area (Å²) in [6.45, 7) is 4.47. The van der Waals surface area contributed by atoms with Gasteiger partial charge in [0.2, 0.25) is 0 Å². The highest BCUT2D eigenvalue weighted by atomic mass is 32.2. The lowest BCUT2D eigenvalue weighted by molar-refractivity contribution is 0.232. The molecule has 5 heteroatoms. The fourth-order valence-electron chi connectivity index (χ4n) is 3.31. The third kappa shape index (κ3) is 4.60. The lowest BCUT2D eigenvalue weighted by atomic mass is 10.1. The van der Waals surface area contributed by atoms with Gasteiger partial charge < -0.3 is 9.45 Å². The van der Waals surface area contributed by atoms with Crippen LogP contribution < -0.4 is 0 Å². The number of aryl methyl sites for hydroxylation is 1. The summed E-state index contributed by atoms with van der Waals surface area (Å²) in [7, 11) is 0. The van der Waals surface area contributed by atoms with Crippen molar-refractivity contribution in [1.29, 1.82) is 0 Å². The highest BCUT2D eigenvalue weighted by Crippen LogP contribution is 2.26. The van der Waals surface area contributed by atoms with Gasteiger partial charge in [-0.15, -0.1) is 0 Å². The molecule has 2 aromatic carbocycles. The van der Waals surface area contributed by atoms with E-state index in [-0.39, 0.29) is 5.25 Å². The van der Waals surface area contributed by atoms with Gasteiger partial charge in [-0.3, -0.25) is 0 Å². The van der Waals surface area contributed by atoms with Gasteiger partial charge in [-0.2, -0.15) is 0 Å². The fourth-order valence-corrected chi connectivity index (χ4v) is 4.91. The van der Waals surface area contributed by atoms with Gasteiger partial charge in [0.25, 0.3) is 0 Å². The van der Waals surface area contributed by atoms with Gasteiger partial charge in [-0.25, -0.2) is 8.78 Å². The summed E-state index contributed by atoms with van der Waals surface area (Å²) < 4.78 is 39.4. The van der Waals surface area contributed by atoms with Gasteiger partial charge in [0.05, 0.1) is 0 Å². The van der Waals surface area contributed by atoms with Crippen LogP contribution in [-0.4, -0.2) is 34.3 Å².